The van der Waals surface area contributed by atoms with Gasteiger partial charge < -0.3 is 15.2 Å². The summed E-state index contributed by atoms with van der Waals surface area (Å²) in [4.78, 5) is 0. The Kier molecular flexibility index (Phi) is 5.11. The summed E-state index contributed by atoms with van der Waals surface area (Å²) in [5.41, 5.74) is 7.49. The first-order valence-corrected chi connectivity index (χ1v) is 7.81. The molecule has 0 saturated heterocycles. The third-order valence-electron chi connectivity index (χ3n) is 3.68. The Bertz CT molecular complexity index is 432. The Morgan fingerprint density at radius 1 is 1.21 bits per heavy atom. The van der Waals surface area contributed by atoms with E-state index in [1.165, 1.54) is 19.3 Å². The topological polar surface area (TPSA) is 44.5 Å². The molecule has 2 N–H and O–H groups in total. The van der Waals surface area contributed by atoms with Crippen molar-refractivity contribution in [3.8, 4) is 11.5 Å². The fourth-order valence-corrected chi connectivity index (χ4v) is 2.98. The number of ether oxygens (including phenoxy) is 2. The molecule has 1 aromatic carbocycles. The Hall–Kier alpha value is -0.740. The molecule has 1 fully saturated rings. The molecule has 0 heterocycles. The lowest BCUT2D eigenvalue weighted by Gasteiger charge is -2.32. The minimum absolute atomic E-state index is 0.0815. The van der Waals surface area contributed by atoms with Crippen molar-refractivity contribution < 1.29 is 9.47 Å². The van der Waals surface area contributed by atoms with Crippen LogP contribution >= 0.6 is 15.9 Å². The van der Waals surface area contributed by atoms with E-state index in [0.29, 0.717) is 19.1 Å². The average molecular weight is 328 g/mol. The van der Waals surface area contributed by atoms with Crippen LogP contribution in [0.5, 0.6) is 11.5 Å². The van der Waals surface area contributed by atoms with E-state index in [-0.39, 0.29) is 6.04 Å². The second-order valence-electron chi connectivity index (χ2n) is 4.90. The quantitative estimate of drug-likeness (QED) is 0.857. The van der Waals surface area contributed by atoms with Crippen LogP contribution in [0.3, 0.4) is 0 Å². The van der Waals surface area contributed by atoms with Crippen LogP contribution in [0.25, 0.3) is 0 Å². The summed E-state index contributed by atoms with van der Waals surface area (Å²) in [6, 6.07) is 4.09. The van der Waals surface area contributed by atoms with Gasteiger partial charge in [-0.3, -0.25) is 0 Å². The third kappa shape index (κ3) is 3.23. The zero-order valence-electron chi connectivity index (χ0n) is 11.6. The summed E-state index contributed by atoms with van der Waals surface area (Å²) in [6.07, 6.45) is 3.75. The summed E-state index contributed by atoms with van der Waals surface area (Å²) in [7, 11) is 0. The van der Waals surface area contributed by atoms with Gasteiger partial charge in [-0.1, -0.05) is 22.4 Å². The van der Waals surface area contributed by atoms with Gasteiger partial charge in [0.2, 0.25) is 0 Å². The molecule has 2 rings (SSSR count). The molecule has 1 saturated carbocycles. The predicted octanol–water partition coefficient (Wildman–Crippen LogP) is 4.05. The highest BCUT2D eigenvalue weighted by atomic mass is 79.9. The number of rotatable bonds is 6. The zero-order chi connectivity index (χ0) is 13.8. The van der Waals surface area contributed by atoms with Crippen molar-refractivity contribution in [1.82, 2.24) is 0 Å². The van der Waals surface area contributed by atoms with Crippen LogP contribution in [0.1, 0.15) is 44.7 Å². The molecular formula is C15H22BrNO2. The first kappa shape index (κ1) is 14.7. The summed E-state index contributed by atoms with van der Waals surface area (Å²) in [5.74, 6) is 2.17. The molecule has 1 unspecified atom stereocenters. The highest BCUT2D eigenvalue weighted by molar-refractivity contribution is 9.10. The SMILES string of the molecule is CCOc1cc(Br)c(C(N)C2CCC2)cc1OCC. The second-order valence-corrected chi connectivity index (χ2v) is 5.76. The molecule has 4 heteroatoms. The molecule has 1 aliphatic rings. The van der Waals surface area contributed by atoms with E-state index < -0.39 is 0 Å². The second kappa shape index (κ2) is 6.62. The van der Waals surface area contributed by atoms with E-state index in [1.807, 2.05) is 26.0 Å². The lowest BCUT2D eigenvalue weighted by atomic mass is 9.77. The molecule has 0 radical (unpaired) electrons. The van der Waals surface area contributed by atoms with Gasteiger partial charge in [0, 0.05) is 10.5 Å². The Morgan fingerprint density at radius 2 is 1.79 bits per heavy atom. The molecule has 19 heavy (non-hydrogen) atoms. The monoisotopic (exact) mass is 327 g/mol. The fourth-order valence-electron chi connectivity index (χ4n) is 2.40. The van der Waals surface area contributed by atoms with Crippen molar-refractivity contribution in [3.63, 3.8) is 0 Å². The van der Waals surface area contributed by atoms with E-state index in [4.69, 9.17) is 15.2 Å². The third-order valence-corrected chi connectivity index (χ3v) is 4.37. The van der Waals surface area contributed by atoms with Gasteiger partial charge in [0.1, 0.15) is 0 Å². The maximum atomic E-state index is 6.36. The molecule has 1 atom stereocenters. The maximum absolute atomic E-state index is 6.36. The smallest absolute Gasteiger partial charge is 0.162 e. The van der Waals surface area contributed by atoms with E-state index >= 15 is 0 Å². The maximum Gasteiger partial charge on any atom is 0.162 e. The van der Waals surface area contributed by atoms with Crippen LogP contribution in [0.2, 0.25) is 0 Å². The number of hydrogen-bond acceptors (Lipinski definition) is 3. The van der Waals surface area contributed by atoms with E-state index in [0.717, 1.165) is 21.5 Å². The van der Waals surface area contributed by atoms with Crippen LogP contribution in [-0.2, 0) is 0 Å². The summed E-state index contributed by atoms with van der Waals surface area (Å²) in [5, 5.41) is 0. The van der Waals surface area contributed by atoms with Crippen molar-refractivity contribution in [2.75, 3.05) is 13.2 Å². The first-order chi connectivity index (χ1) is 9.17. The van der Waals surface area contributed by atoms with Crippen molar-refractivity contribution in [2.24, 2.45) is 11.7 Å². The molecule has 0 aromatic heterocycles. The number of nitrogens with two attached hydrogens (primary N) is 1. The largest absolute Gasteiger partial charge is 0.490 e. The highest BCUT2D eigenvalue weighted by Crippen LogP contribution is 2.42. The predicted molar refractivity (Wildman–Crippen MR) is 80.7 cm³/mol. The zero-order valence-corrected chi connectivity index (χ0v) is 13.2. The Balaban J connectivity index is 2.29. The van der Waals surface area contributed by atoms with Gasteiger partial charge in [0.05, 0.1) is 13.2 Å². The van der Waals surface area contributed by atoms with Gasteiger partial charge in [-0.15, -0.1) is 0 Å². The number of halogens is 1. The molecular weight excluding hydrogens is 306 g/mol. The molecule has 0 amide bonds. The molecule has 3 nitrogen and oxygen atoms in total. The molecule has 106 valence electrons. The van der Waals surface area contributed by atoms with Crippen molar-refractivity contribution in [2.45, 2.75) is 39.2 Å². The Labute approximate surface area is 123 Å². The van der Waals surface area contributed by atoms with Gasteiger partial charge in [0.15, 0.2) is 11.5 Å². The molecule has 1 aliphatic carbocycles. The number of benzene rings is 1. The van der Waals surface area contributed by atoms with Crippen LogP contribution in [0, 0.1) is 5.92 Å². The summed E-state index contributed by atoms with van der Waals surface area (Å²) >= 11 is 3.61. The minimum atomic E-state index is 0.0815. The highest BCUT2D eigenvalue weighted by Gasteiger charge is 2.27. The lowest BCUT2D eigenvalue weighted by Crippen LogP contribution is -2.27. The van der Waals surface area contributed by atoms with E-state index in [9.17, 15) is 0 Å². The average Bonchev–Trinajstić information content (AvgIpc) is 2.30. The van der Waals surface area contributed by atoms with Crippen LogP contribution in [0.4, 0.5) is 0 Å². The van der Waals surface area contributed by atoms with Crippen molar-refractivity contribution >= 4 is 15.9 Å². The van der Waals surface area contributed by atoms with Gasteiger partial charge >= 0.3 is 0 Å². The lowest BCUT2D eigenvalue weighted by molar-refractivity contribution is 0.261. The molecule has 1 aromatic rings. The van der Waals surface area contributed by atoms with Crippen LogP contribution in [-0.4, -0.2) is 13.2 Å². The van der Waals surface area contributed by atoms with Crippen LogP contribution in [0.15, 0.2) is 16.6 Å². The van der Waals surface area contributed by atoms with Crippen molar-refractivity contribution in [1.29, 1.82) is 0 Å². The summed E-state index contributed by atoms with van der Waals surface area (Å²) < 4.78 is 12.3. The molecule has 0 bridgehead atoms. The van der Waals surface area contributed by atoms with Gasteiger partial charge in [-0.05, 0) is 50.3 Å². The van der Waals surface area contributed by atoms with Crippen LogP contribution < -0.4 is 15.2 Å². The van der Waals surface area contributed by atoms with Crippen molar-refractivity contribution in [3.05, 3.63) is 22.2 Å². The summed E-state index contributed by atoms with van der Waals surface area (Å²) in [6.45, 7) is 5.20. The minimum Gasteiger partial charge on any atom is -0.490 e. The molecule has 0 spiro atoms. The normalized spacial score (nSPS) is 16.8. The Morgan fingerprint density at radius 3 is 2.26 bits per heavy atom. The fraction of sp³-hybridized carbons (Fsp3) is 0.600. The van der Waals surface area contributed by atoms with Gasteiger partial charge in [0.25, 0.3) is 0 Å². The standard InChI is InChI=1S/C15H22BrNO2/c1-3-18-13-8-11(15(17)10-6-5-7-10)12(16)9-14(13)19-4-2/h8-10,15H,3-7,17H2,1-2H3. The number of hydrogen-bond donors (Lipinski definition) is 1. The first-order valence-electron chi connectivity index (χ1n) is 7.02. The van der Waals surface area contributed by atoms with E-state index in [1.54, 1.807) is 0 Å². The van der Waals surface area contributed by atoms with Gasteiger partial charge in [-0.2, -0.15) is 0 Å². The van der Waals surface area contributed by atoms with E-state index in [2.05, 4.69) is 15.9 Å². The van der Waals surface area contributed by atoms with Gasteiger partial charge in [-0.25, -0.2) is 0 Å². The molecule has 0 aliphatic heterocycles.